The Hall–Kier alpha value is -1.39. The van der Waals surface area contributed by atoms with Crippen molar-refractivity contribution in [3.8, 4) is 0 Å². The Morgan fingerprint density at radius 2 is 2.00 bits per heavy atom. The molecule has 1 aliphatic heterocycles. The van der Waals surface area contributed by atoms with Crippen molar-refractivity contribution >= 4 is 5.97 Å². The van der Waals surface area contributed by atoms with Gasteiger partial charge in [0.15, 0.2) is 0 Å². The van der Waals surface area contributed by atoms with Gasteiger partial charge in [-0.1, -0.05) is 24.3 Å². The molecule has 4 heteroatoms. The van der Waals surface area contributed by atoms with Crippen LogP contribution in [0.2, 0.25) is 0 Å². The molecular formula is C15H22N2O2. The first-order chi connectivity index (χ1) is 9.24. The van der Waals surface area contributed by atoms with Gasteiger partial charge in [-0.05, 0) is 37.1 Å². The van der Waals surface area contributed by atoms with E-state index in [0.29, 0.717) is 6.54 Å². The number of nitrogens with zero attached hydrogens (tertiary/aromatic N) is 1. The van der Waals surface area contributed by atoms with Crippen LogP contribution in [0.1, 0.15) is 30.4 Å². The zero-order valence-electron chi connectivity index (χ0n) is 11.3. The topological polar surface area (TPSA) is 52.6 Å². The summed E-state index contributed by atoms with van der Waals surface area (Å²) in [6.07, 6.45) is 2.81. The lowest BCUT2D eigenvalue weighted by atomic mass is 10.1. The lowest BCUT2D eigenvalue weighted by Gasteiger charge is -2.15. The SMILES string of the molecule is O=C(O)CCNCc1cccc(CN2CCCC2)c1. The molecule has 0 saturated carbocycles. The van der Waals surface area contributed by atoms with Gasteiger partial charge in [-0.15, -0.1) is 0 Å². The summed E-state index contributed by atoms with van der Waals surface area (Å²) in [7, 11) is 0. The molecular weight excluding hydrogens is 240 g/mol. The van der Waals surface area contributed by atoms with Crippen LogP contribution in [0.3, 0.4) is 0 Å². The van der Waals surface area contributed by atoms with Crippen LogP contribution in [0.5, 0.6) is 0 Å². The molecule has 0 amide bonds. The Bertz CT molecular complexity index is 414. The average Bonchev–Trinajstić information content (AvgIpc) is 2.88. The molecule has 0 aliphatic carbocycles. The van der Waals surface area contributed by atoms with E-state index in [1.807, 2.05) is 0 Å². The van der Waals surface area contributed by atoms with Gasteiger partial charge in [-0.2, -0.15) is 0 Å². The van der Waals surface area contributed by atoms with Crippen LogP contribution in [0.25, 0.3) is 0 Å². The number of rotatable bonds is 7. The summed E-state index contributed by atoms with van der Waals surface area (Å²) in [6.45, 7) is 4.71. The number of hydrogen-bond acceptors (Lipinski definition) is 3. The van der Waals surface area contributed by atoms with E-state index in [1.54, 1.807) is 0 Å². The quantitative estimate of drug-likeness (QED) is 0.736. The van der Waals surface area contributed by atoms with Gasteiger partial charge >= 0.3 is 5.97 Å². The molecule has 0 bridgehead atoms. The van der Waals surface area contributed by atoms with Crippen molar-refractivity contribution in [3.63, 3.8) is 0 Å². The summed E-state index contributed by atoms with van der Waals surface area (Å²) in [5, 5.41) is 11.7. The highest BCUT2D eigenvalue weighted by Gasteiger charge is 2.11. The molecule has 0 aromatic heterocycles. The van der Waals surface area contributed by atoms with Gasteiger partial charge in [0.1, 0.15) is 0 Å². The average molecular weight is 262 g/mol. The van der Waals surface area contributed by atoms with E-state index in [9.17, 15) is 4.79 Å². The highest BCUT2D eigenvalue weighted by Crippen LogP contribution is 2.13. The molecule has 2 rings (SSSR count). The van der Waals surface area contributed by atoms with Crippen molar-refractivity contribution in [2.24, 2.45) is 0 Å². The molecule has 1 aromatic rings. The summed E-state index contributed by atoms with van der Waals surface area (Å²) >= 11 is 0. The number of carbonyl (C=O) groups is 1. The maximum absolute atomic E-state index is 10.4. The second kappa shape index (κ2) is 7.26. The van der Waals surface area contributed by atoms with Crippen LogP contribution >= 0.6 is 0 Å². The van der Waals surface area contributed by atoms with E-state index in [2.05, 4.69) is 34.5 Å². The fourth-order valence-electron chi connectivity index (χ4n) is 2.46. The van der Waals surface area contributed by atoms with Gasteiger partial charge in [0.25, 0.3) is 0 Å². The highest BCUT2D eigenvalue weighted by molar-refractivity contribution is 5.66. The van der Waals surface area contributed by atoms with Crippen LogP contribution in [-0.4, -0.2) is 35.6 Å². The normalized spacial score (nSPS) is 15.8. The predicted octanol–water partition coefficient (Wildman–Crippen LogP) is 1.85. The van der Waals surface area contributed by atoms with Crippen molar-refractivity contribution in [2.75, 3.05) is 19.6 Å². The van der Waals surface area contributed by atoms with Crippen molar-refractivity contribution in [1.29, 1.82) is 0 Å². The molecule has 1 heterocycles. The first-order valence-electron chi connectivity index (χ1n) is 6.97. The van der Waals surface area contributed by atoms with Crippen LogP contribution in [0.15, 0.2) is 24.3 Å². The Morgan fingerprint density at radius 1 is 1.26 bits per heavy atom. The Balaban J connectivity index is 1.79. The minimum absolute atomic E-state index is 0.174. The second-order valence-corrected chi connectivity index (χ2v) is 5.12. The maximum Gasteiger partial charge on any atom is 0.304 e. The maximum atomic E-state index is 10.4. The minimum atomic E-state index is -0.754. The standard InChI is InChI=1S/C15H22N2O2/c18-15(19)6-7-16-11-13-4-3-5-14(10-13)12-17-8-1-2-9-17/h3-5,10,16H,1-2,6-9,11-12H2,(H,18,19). The Labute approximate surface area is 114 Å². The molecule has 0 spiro atoms. The van der Waals surface area contributed by atoms with Crippen molar-refractivity contribution < 1.29 is 9.90 Å². The summed E-state index contributed by atoms with van der Waals surface area (Å²) in [5.41, 5.74) is 2.57. The largest absolute Gasteiger partial charge is 0.481 e. The van der Waals surface area contributed by atoms with E-state index in [-0.39, 0.29) is 6.42 Å². The third-order valence-corrected chi connectivity index (χ3v) is 3.44. The van der Waals surface area contributed by atoms with Gasteiger partial charge in [0, 0.05) is 19.6 Å². The van der Waals surface area contributed by atoms with Gasteiger partial charge < -0.3 is 10.4 Å². The number of likely N-dealkylation sites (tertiary alicyclic amines) is 1. The lowest BCUT2D eigenvalue weighted by molar-refractivity contribution is -0.136. The van der Waals surface area contributed by atoms with Crippen molar-refractivity contribution in [1.82, 2.24) is 10.2 Å². The zero-order chi connectivity index (χ0) is 13.5. The first-order valence-corrected chi connectivity index (χ1v) is 6.97. The summed E-state index contributed by atoms with van der Waals surface area (Å²) in [4.78, 5) is 12.9. The second-order valence-electron chi connectivity index (χ2n) is 5.12. The summed E-state index contributed by atoms with van der Waals surface area (Å²) in [6, 6.07) is 8.55. The first kappa shape index (κ1) is 14.0. The van der Waals surface area contributed by atoms with Crippen LogP contribution in [0.4, 0.5) is 0 Å². The predicted molar refractivity (Wildman–Crippen MR) is 74.9 cm³/mol. The molecule has 0 unspecified atom stereocenters. The van der Waals surface area contributed by atoms with E-state index < -0.39 is 5.97 Å². The van der Waals surface area contributed by atoms with Gasteiger partial charge in [0.05, 0.1) is 6.42 Å². The molecule has 0 radical (unpaired) electrons. The molecule has 2 N–H and O–H groups in total. The number of nitrogens with one attached hydrogen (secondary N) is 1. The third kappa shape index (κ3) is 5.01. The van der Waals surface area contributed by atoms with Crippen molar-refractivity contribution in [3.05, 3.63) is 35.4 Å². The van der Waals surface area contributed by atoms with Gasteiger partial charge in [-0.25, -0.2) is 0 Å². The molecule has 1 aromatic carbocycles. The van der Waals surface area contributed by atoms with Crippen LogP contribution < -0.4 is 5.32 Å². The number of carboxylic acid groups (broad SMARTS) is 1. The molecule has 4 nitrogen and oxygen atoms in total. The molecule has 1 fully saturated rings. The number of benzene rings is 1. The van der Waals surface area contributed by atoms with E-state index in [1.165, 1.54) is 37.1 Å². The number of aliphatic carboxylic acids is 1. The van der Waals surface area contributed by atoms with E-state index in [4.69, 9.17) is 5.11 Å². The number of hydrogen-bond donors (Lipinski definition) is 2. The zero-order valence-corrected chi connectivity index (χ0v) is 11.3. The molecule has 1 aliphatic rings. The Kier molecular flexibility index (Phi) is 5.36. The Morgan fingerprint density at radius 3 is 2.74 bits per heavy atom. The monoisotopic (exact) mass is 262 g/mol. The minimum Gasteiger partial charge on any atom is -0.481 e. The molecule has 19 heavy (non-hydrogen) atoms. The molecule has 1 saturated heterocycles. The van der Waals surface area contributed by atoms with E-state index >= 15 is 0 Å². The summed E-state index contributed by atoms with van der Waals surface area (Å²) in [5.74, 6) is -0.754. The number of carboxylic acids is 1. The van der Waals surface area contributed by atoms with Crippen LogP contribution in [-0.2, 0) is 17.9 Å². The summed E-state index contributed by atoms with van der Waals surface area (Å²) < 4.78 is 0. The lowest BCUT2D eigenvalue weighted by Crippen LogP contribution is -2.19. The third-order valence-electron chi connectivity index (χ3n) is 3.44. The smallest absolute Gasteiger partial charge is 0.304 e. The highest BCUT2D eigenvalue weighted by atomic mass is 16.4. The van der Waals surface area contributed by atoms with E-state index in [0.717, 1.165) is 13.1 Å². The van der Waals surface area contributed by atoms with Gasteiger partial charge in [-0.3, -0.25) is 9.69 Å². The molecule has 0 atom stereocenters. The van der Waals surface area contributed by atoms with Gasteiger partial charge in [0.2, 0.25) is 0 Å². The fraction of sp³-hybridized carbons (Fsp3) is 0.533. The van der Waals surface area contributed by atoms with Crippen LogP contribution in [0, 0.1) is 0 Å². The molecule has 104 valence electrons. The van der Waals surface area contributed by atoms with Crippen molar-refractivity contribution in [2.45, 2.75) is 32.4 Å². The fourth-order valence-corrected chi connectivity index (χ4v) is 2.46.